The maximum atomic E-state index is 4.67. The van der Waals surface area contributed by atoms with Gasteiger partial charge in [0.05, 0.1) is 23.8 Å². The third-order valence-electron chi connectivity index (χ3n) is 6.32. The molecule has 1 aliphatic heterocycles. The molecule has 0 amide bonds. The number of imidazole rings is 1. The highest BCUT2D eigenvalue weighted by molar-refractivity contribution is 5.67. The first kappa shape index (κ1) is 19.8. The monoisotopic (exact) mass is 411 g/mol. The van der Waals surface area contributed by atoms with Gasteiger partial charge < -0.3 is 4.90 Å². The van der Waals surface area contributed by atoms with E-state index in [1.165, 1.54) is 11.3 Å². The first-order chi connectivity index (χ1) is 15.1. The molecule has 4 aromatic rings. The lowest BCUT2D eigenvalue weighted by Crippen LogP contribution is -2.48. The minimum atomic E-state index is 0.624. The molecule has 0 spiro atoms. The zero-order valence-corrected chi connectivity index (χ0v) is 18.5. The number of piperazine rings is 1. The fraction of sp³-hybridized carbons (Fsp3) is 0.308. The summed E-state index contributed by atoms with van der Waals surface area (Å²) in [5.74, 6) is 0. The van der Waals surface area contributed by atoms with Gasteiger partial charge in [-0.2, -0.15) is 0 Å². The molecule has 0 N–H and O–H groups in total. The molecular weight excluding hydrogens is 382 g/mol. The van der Waals surface area contributed by atoms with E-state index in [1.54, 1.807) is 0 Å². The molecule has 1 fully saturated rings. The molecule has 2 aromatic heterocycles. The van der Waals surface area contributed by atoms with Gasteiger partial charge in [-0.25, -0.2) is 4.98 Å². The van der Waals surface area contributed by atoms with E-state index in [-0.39, 0.29) is 0 Å². The molecule has 0 atom stereocenters. The first-order valence-electron chi connectivity index (χ1n) is 11.1. The van der Waals surface area contributed by atoms with Crippen molar-refractivity contribution in [1.82, 2.24) is 19.3 Å². The number of benzene rings is 2. The van der Waals surface area contributed by atoms with Gasteiger partial charge in [0.25, 0.3) is 0 Å². The minimum Gasteiger partial charge on any atom is -0.369 e. The van der Waals surface area contributed by atoms with Crippen molar-refractivity contribution >= 4 is 11.3 Å². The molecule has 5 rings (SSSR count). The molecule has 0 unspecified atom stereocenters. The fourth-order valence-corrected chi connectivity index (χ4v) is 4.32. The van der Waals surface area contributed by atoms with Crippen LogP contribution >= 0.6 is 0 Å². The standard InChI is InChI=1S/C26H29N5/c1-19(2)29-12-14-30(15-13-29)23-10-8-21(9-11-23)24-18-31-25(16-28-26(31)17-27-24)22-6-4-20(3)5-7-22/h4-11,16-19H,12-15H2,1-3H3. The van der Waals surface area contributed by atoms with E-state index in [1.807, 2.05) is 12.4 Å². The zero-order chi connectivity index (χ0) is 21.4. The second-order valence-corrected chi connectivity index (χ2v) is 8.67. The van der Waals surface area contributed by atoms with Crippen LogP contribution in [-0.2, 0) is 0 Å². The second kappa shape index (κ2) is 8.16. The number of hydrogen-bond donors (Lipinski definition) is 0. The average Bonchev–Trinajstić information content (AvgIpc) is 3.23. The van der Waals surface area contributed by atoms with Crippen molar-refractivity contribution in [3.63, 3.8) is 0 Å². The lowest BCUT2D eigenvalue weighted by atomic mass is 10.1. The Balaban J connectivity index is 1.39. The summed E-state index contributed by atoms with van der Waals surface area (Å²) < 4.78 is 2.13. The summed E-state index contributed by atoms with van der Waals surface area (Å²) in [6.07, 6.45) is 5.87. The number of aromatic nitrogens is 3. The lowest BCUT2D eigenvalue weighted by molar-refractivity contribution is 0.209. The predicted molar refractivity (Wildman–Crippen MR) is 128 cm³/mol. The third kappa shape index (κ3) is 3.93. The predicted octanol–water partition coefficient (Wildman–Crippen LogP) is 4.90. The summed E-state index contributed by atoms with van der Waals surface area (Å²) in [5.41, 5.74) is 7.72. The average molecular weight is 412 g/mol. The molecule has 0 saturated carbocycles. The van der Waals surface area contributed by atoms with E-state index in [2.05, 4.69) is 99.7 Å². The molecule has 2 aromatic carbocycles. The summed E-state index contributed by atoms with van der Waals surface area (Å²) in [4.78, 5) is 14.2. The van der Waals surface area contributed by atoms with Gasteiger partial charge in [-0.3, -0.25) is 14.3 Å². The van der Waals surface area contributed by atoms with Crippen molar-refractivity contribution in [1.29, 1.82) is 0 Å². The lowest BCUT2D eigenvalue weighted by Gasteiger charge is -2.38. The number of rotatable bonds is 4. The van der Waals surface area contributed by atoms with Crippen molar-refractivity contribution in [3.8, 4) is 22.5 Å². The topological polar surface area (TPSA) is 36.7 Å². The SMILES string of the molecule is Cc1ccc(-c2cnc3cnc(-c4ccc(N5CCN(C(C)C)CC5)cc4)cn23)cc1. The summed E-state index contributed by atoms with van der Waals surface area (Å²) in [6.45, 7) is 11.1. The van der Waals surface area contributed by atoms with Crippen LogP contribution in [0.1, 0.15) is 19.4 Å². The third-order valence-corrected chi connectivity index (χ3v) is 6.32. The van der Waals surface area contributed by atoms with Gasteiger partial charge in [0.1, 0.15) is 0 Å². The minimum absolute atomic E-state index is 0.624. The van der Waals surface area contributed by atoms with Crippen molar-refractivity contribution in [2.75, 3.05) is 31.1 Å². The number of aryl methyl sites for hydroxylation is 1. The Labute approximate surface area is 184 Å². The molecular formula is C26H29N5. The molecule has 3 heterocycles. The molecule has 5 nitrogen and oxygen atoms in total. The molecule has 5 heteroatoms. The number of hydrogen-bond acceptors (Lipinski definition) is 4. The smallest absolute Gasteiger partial charge is 0.155 e. The van der Waals surface area contributed by atoms with Crippen LogP contribution in [-0.4, -0.2) is 51.5 Å². The normalized spacial score (nSPS) is 15.2. The Kier molecular flexibility index (Phi) is 5.20. The Morgan fingerprint density at radius 2 is 1.45 bits per heavy atom. The summed E-state index contributed by atoms with van der Waals surface area (Å²) in [5, 5.41) is 0. The van der Waals surface area contributed by atoms with Crippen LogP contribution in [0.25, 0.3) is 28.2 Å². The largest absolute Gasteiger partial charge is 0.369 e. The van der Waals surface area contributed by atoms with Crippen molar-refractivity contribution < 1.29 is 0 Å². The highest BCUT2D eigenvalue weighted by Gasteiger charge is 2.19. The van der Waals surface area contributed by atoms with E-state index in [9.17, 15) is 0 Å². The highest BCUT2D eigenvalue weighted by Crippen LogP contribution is 2.26. The summed E-state index contributed by atoms with van der Waals surface area (Å²) >= 11 is 0. The van der Waals surface area contributed by atoms with Gasteiger partial charge in [0, 0.05) is 55.2 Å². The number of anilines is 1. The van der Waals surface area contributed by atoms with Crippen molar-refractivity contribution in [2.24, 2.45) is 0 Å². The van der Waals surface area contributed by atoms with Gasteiger partial charge in [0.15, 0.2) is 5.65 Å². The van der Waals surface area contributed by atoms with E-state index in [4.69, 9.17) is 0 Å². The van der Waals surface area contributed by atoms with Crippen LogP contribution in [0.4, 0.5) is 5.69 Å². The molecule has 1 saturated heterocycles. The Bertz CT molecular complexity index is 1170. The van der Waals surface area contributed by atoms with Gasteiger partial charge in [-0.15, -0.1) is 0 Å². The van der Waals surface area contributed by atoms with Crippen LogP contribution in [0.3, 0.4) is 0 Å². The maximum absolute atomic E-state index is 4.67. The highest BCUT2D eigenvalue weighted by atomic mass is 15.3. The van der Waals surface area contributed by atoms with Crippen LogP contribution in [0.15, 0.2) is 67.1 Å². The van der Waals surface area contributed by atoms with Gasteiger partial charge in [0.2, 0.25) is 0 Å². The molecule has 0 bridgehead atoms. The number of fused-ring (bicyclic) bond motifs is 1. The molecule has 0 radical (unpaired) electrons. The van der Waals surface area contributed by atoms with Gasteiger partial charge >= 0.3 is 0 Å². The Morgan fingerprint density at radius 1 is 0.774 bits per heavy atom. The summed E-state index contributed by atoms with van der Waals surface area (Å²) in [7, 11) is 0. The van der Waals surface area contributed by atoms with Crippen LogP contribution in [0.2, 0.25) is 0 Å². The molecule has 0 aliphatic carbocycles. The fourth-order valence-electron chi connectivity index (χ4n) is 4.32. The van der Waals surface area contributed by atoms with E-state index in [0.717, 1.165) is 54.3 Å². The zero-order valence-electron chi connectivity index (χ0n) is 18.5. The summed E-state index contributed by atoms with van der Waals surface area (Å²) in [6, 6.07) is 18.0. The molecule has 1 aliphatic rings. The molecule has 158 valence electrons. The molecule has 31 heavy (non-hydrogen) atoms. The van der Waals surface area contributed by atoms with E-state index in [0.29, 0.717) is 6.04 Å². The quantitative estimate of drug-likeness (QED) is 0.478. The van der Waals surface area contributed by atoms with Crippen molar-refractivity contribution in [2.45, 2.75) is 26.8 Å². The van der Waals surface area contributed by atoms with Crippen LogP contribution < -0.4 is 4.90 Å². The van der Waals surface area contributed by atoms with Gasteiger partial charge in [-0.1, -0.05) is 42.0 Å². The van der Waals surface area contributed by atoms with Crippen molar-refractivity contribution in [3.05, 3.63) is 72.7 Å². The van der Waals surface area contributed by atoms with Crippen LogP contribution in [0, 0.1) is 6.92 Å². The van der Waals surface area contributed by atoms with Gasteiger partial charge in [-0.05, 0) is 32.9 Å². The Hall–Kier alpha value is -3.18. The first-order valence-corrected chi connectivity index (χ1v) is 11.1. The second-order valence-electron chi connectivity index (χ2n) is 8.67. The van der Waals surface area contributed by atoms with E-state index >= 15 is 0 Å². The number of nitrogens with zero attached hydrogens (tertiary/aromatic N) is 5. The Morgan fingerprint density at radius 3 is 2.13 bits per heavy atom. The van der Waals surface area contributed by atoms with Crippen LogP contribution in [0.5, 0.6) is 0 Å². The maximum Gasteiger partial charge on any atom is 0.155 e. The van der Waals surface area contributed by atoms with E-state index < -0.39 is 0 Å².